The SMILES string of the molecule is C#CCC(N)C(=O)N[C@H](CCC)C(=O)O. The highest BCUT2D eigenvalue weighted by atomic mass is 16.4. The maximum absolute atomic E-state index is 11.3. The number of carbonyl (C=O) groups is 2. The standard InChI is InChI=1S/C10H16N2O3/c1-3-5-7(11)9(13)12-8(6-4-2)10(14)15/h1,7-8H,4-6,11H2,2H3,(H,12,13)(H,14,15)/t7?,8-/m1/s1. The van der Waals surface area contributed by atoms with Crippen molar-refractivity contribution in [3.8, 4) is 12.3 Å². The molecule has 0 aromatic heterocycles. The Hall–Kier alpha value is -1.54. The molecule has 84 valence electrons. The molecule has 0 radical (unpaired) electrons. The summed E-state index contributed by atoms with van der Waals surface area (Å²) in [6.07, 6.45) is 6.14. The van der Waals surface area contributed by atoms with Crippen LogP contribution in [0.15, 0.2) is 0 Å². The molecular formula is C10H16N2O3. The topological polar surface area (TPSA) is 92.4 Å². The predicted octanol–water partition coefficient (Wildman–Crippen LogP) is -0.293. The van der Waals surface area contributed by atoms with Gasteiger partial charge in [-0.05, 0) is 6.42 Å². The van der Waals surface area contributed by atoms with Gasteiger partial charge in [0.1, 0.15) is 6.04 Å². The normalized spacial score (nSPS) is 13.7. The van der Waals surface area contributed by atoms with Crippen LogP contribution in [-0.2, 0) is 9.59 Å². The van der Waals surface area contributed by atoms with Gasteiger partial charge in [0, 0.05) is 6.42 Å². The predicted molar refractivity (Wildman–Crippen MR) is 55.9 cm³/mol. The van der Waals surface area contributed by atoms with E-state index in [0.29, 0.717) is 12.8 Å². The van der Waals surface area contributed by atoms with E-state index in [2.05, 4.69) is 11.2 Å². The third kappa shape index (κ3) is 5.03. The Kier molecular flexibility index (Phi) is 6.14. The Morgan fingerprint density at radius 2 is 2.20 bits per heavy atom. The van der Waals surface area contributed by atoms with Crippen LogP contribution in [0.3, 0.4) is 0 Å². The molecule has 5 nitrogen and oxygen atoms in total. The number of carboxylic acids is 1. The van der Waals surface area contributed by atoms with Crippen molar-refractivity contribution < 1.29 is 14.7 Å². The van der Waals surface area contributed by atoms with Gasteiger partial charge in [-0.15, -0.1) is 12.3 Å². The molecule has 1 amide bonds. The van der Waals surface area contributed by atoms with Gasteiger partial charge in [0.05, 0.1) is 6.04 Å². The largest absolute Gasteiger partial charge is 0.480 e. The first-order valence-corrected chi connectivity index (χ1v) is 4.75. The lowest BCUT2D eigenvalue weighted by Crippen LogP contribution is -2.48. The summed E-state index contributed by atoms with van der Waals surface area (Å²) in [7, 11) is 0. The lowest BCUT2D eigenvalue weighted by atomic mass is 10.1. The van der Waals surface area contributed by atoms with Crippen LogP contribution in [0.5, 0.6) is 0 Å². The van der Waals surface area contributed by atoms with E-state index in [1.165, 1.54) is 0 Å². The summed E-state index contributed by atoms with van der Waals surface area (Å²) >= 11 is 0. The molecule has 1 unspecified atom stereocenters. The molecule has 0 rings (SSSR count). The van der Waals surface area contributed by atoms with Crippen molar-refractivity contribution >= 4 is 11.9 Å². The fourth-order valence-corrected chi connectivity index (χ4v) is 1.04. The van der Waals surface area contributed by atoms with E-state index in [0.717, 1.165) is 0 Å². The Morgan fingerprint density at radius 1 is 1.60 bits per heavy atom. The zero-order valence-corrected chi connectivity index (χ0v) is 8.69. The van der Waals surface area contributed by atoms with Gasteiger partial charge in [-0.2, -0.15) is 0 Å². The highest BCUT2D eigenvalue weighted by Crippen LogP contribution is 1.98. The minimum atomic E-state index is -1.06. The van der Waals surface area contributed by atoms with Gasteiger partial charge in [0.15, 0.2) is 0 Å². The number of nitrogens with one attached hydrogen (secondary N) is 1. The Balaban J connectivity index is 4.23. The quantitative estimate of drug-likeness (QED) is 0.527. The van der Waals surface area contributed by atoms with Crippen LogP contribution in [0, 0.1) is 12.3 Å². The number of terminal acetylenes is 1. The molecule has 0 spiro atoms. The minimum absolute atomic E-state index is 0.101. The fraction of sp³-hybridized carbons (Fsp3) is 0.600. The summed E-state index contributed by atoms with van der Waals surface area (Å²) in [4.78, 5) is 22.0. The number of hydrogen-bond acceptors (Lipinski definition) is 3. The van der Waals surface area contributed by atoms with Gasteiger partial charge in [0.25, 0.3) is 0 Å². The van der Waals surface area contributed by atoms with Crippen molar-refractivity contribution in [2.45, 2.75) is 38.3 Å². The van der Waals surface area contributed by atoms with Gasteiger partial charge in [-0.3, -0.25) is 4.79 Å². The molecule has 0 saturated heterocycles. The maximum Gasteiger partial charge on any atom is 0.326 e. The van der Waals surface area contributed by atoms with E-state index in [-0.39, 0.29) is 6.42 Å². The molecule has 2 atom stereocenters. The summed E-state index contributed by atoms with van der Waals surface area (Å²) in [5.41, 5.74) is 5.42. The highest BCUT2D eigenvalue weighted by Gasteiger charge is 2.21. The van der Waals surface area contributed by atoms with E-state index < -0.39 is 24.0 Å². The zero-order chi connectivity index (χ0) is 11.8. The smallest absolute Gasteiger partial charge is 0.326 e. The molecular weight excluding hydrogens is 196 g/mol. The summed E-state index contributed by atoms with van der Waals surface area (Å²) in [5.74, 6) is 0.673. The third-order valence-electron chi connectivity index (χ3n) is 1.87. The lowest BCUT2D eigenvalue weighted by Gasteiger charge is -2.15. The van der Waals surface area contributed by atoms with Gasteiger partial charge in [0.2, 0.25) is 5.91 Å². The third-order valence-corrected chi connectivity index (χ3v) is 1.87. The molecule has 0 bridgehead atoms. The van der Waals surface area contributed by atoms with E-state index >= 15 is 0 Å². The van der Waals surface area contributed by atoms with E-state index in [1.807, 2.05) is 6.92 Å². The van der Waals surface area contributed by atoms with Crippen LogP contribution in [0.1, 0.15) is 26.2 Å². The van der Waals surface area contributed by atoms with Crippen LogP contribution in [0.2, 0.25) is 0 Å². The summed E-state index contributed by atoms with van der Waals surface area (Å²) in [6, 6.07) is -1.72. The maximum atomic E-state index is 11.3. The van der Waals surface area contributed by atoms with Gasteiger partial charge in [-0.1, -0.05) is 13.3 Å². The Labute approximate surface area is 89.0 Å². The Bertz CT molecular complexity index is 270. The second-order valence-electron chi connectivity index (χ2n) is 3.20. The van der Waals surface area contributed by atoms with Crippen molar-refractivity contribution in [1.82, 2.24) is 5.32 Å². The Morgan fingerprint density at radius 3 is 2.60 bits per heavy atom. The van der Waals surface area contributed by atoms with Crippen LogP contribution in [-0.4, -0.2) is 29.1 Å². The molecule has 0 aromatic carbocycles. The van der Waals surface area contributed by atoms with E-state index in [1.54, 1.807) is 0 Å². The summed E-state index contributed by atoms with van der Waals surface area (Å²) in [5, 5.41) is 11.1. The van der Waals surface area contributed by atoms with Crippen LogP contribution >= 0.6 is 0 Å². The number of rotatable bonds is 6. The average Bonchev–Trinajstić information content (AvgIpc) is 2.17. The number of nitrogens with two attached hydrogens (primary N) is 1. The van der Waals surface area contributed by atoms with Gasteiger partial charge in [-0.25, -0.2) is 4.79 Å². The molecule has 0 aliphatic rings. The van der Waals surface area contributed by atoms with E-state index in [4.69, 9.17) is 17.3 Å². The molecule has 0 aliphatic heterocycles. The molecule has 0 heterocycles. The second kappa shape index (κ2) is 6.85. The summed E-state index contributed by atoms with van der Waals surface area (Å²) < 4.78 is 0. The first-order chi connectivity index (χ1) is 7.02. The molecule has 15 heavy (non-hydrogen) atoms. The molecule has 4 N–H and O–H groups in total. The van der Waals surface area contributed by atoms with Crippen LogP contribution < -0.4 is 11.1 Å². The van der Waals surface area contributed by atoms with Gasteiger partial charge < -0.3 is 16.2 Å². The number of amides is 1. The number of aliphatic carboxylic acids is 1. The second-order valence-corrected chi connectivity index (χ2v) is 3.20. The zero-order valence-electron chi connectivity index (χ0n) is 8.69. The number of carboxylic acid groups (broad SMARTS) is 1. The molecule has 0 saturated carbocycles. The first-order valence-electron chi connectivity index (χ1n) is 4.75. The number of hydrogen-bond donors (Lipinski definition) is 3. The average molecular weight is 212 g/mol. The first kappa shape index (κ1) is 13.5. The molecule has 0 aliphatic carbocycles. The van der Waals surface area contributed by atoms with Crippen LogP contribution in [0.4, 0.5) is 0 Å². The molecule has 0 fully saturated rings. The van der Waals surface area contributed by atoms with Crippen molar-refractivity contribution in [3.05, 3.63) is 0 Å². The summed E-state index contributed by atoms with van der Waals surface area (Å²) in [6.45, 7) is 1.84. The highest BCUT2D eigenvalue weighted by molar-refractivity contribution is 5.86. The lowest BCUT2D eigenvalue weighted by molar-refractivity contribution is -0.142. The monoisotopic (exact) mass is 212 g/mol. The minimum Gasteiger partial charge on any atom is -0.480 e. The van der Waals surface area contributed by atoms with Crippen molar-refractivity contribution in [2.75, 3.05) is 0 Å². The fourth-order valence-electron chi connectivity index (χ4n) is 1.04. The van der Waals surface area contributed by atoms with Gasteiger partial charge >= 0.3 is 5.97 Å². The van der Waals surface area contributed by atoms with E-state index in [9.17, 15) is 9.59 Å². The molecule has 0 aromatic rings. The van der Waals surface area contributed by atoms with Crippen molar-refractivity contribution in [3.63, 3.8) is 0 Å². The molecule has 5 heteroatoms. The van der Waals surface area contributed by atoms with Crippen molar-refractivity contribution in [1.29, 1.82) is 0 Å². The number of carbonyl (C=O) groups excluding carboxylic acids is 1. The van der Waals surface area contributed by atoms with Crippen LogP contribution in [0.25, 0.3) is 0 Å². The van der Waals surface area contributed by atoms with Crippen molar-refractivity contribution in [2.24, 2.45) is 5.73 Å².